The fourth-order valence-electron chi connectivity index (χ4n) is 3.67. The Morgan fingerprint density at radius 2 is 1.86 bits per heavy atom. The third-order valence-corrected chi connectivity index (χ3v) is 6.27. The summed E-state index contributed by atoms with van der Waals surface area (Å²) in [6.07, 6.45) is 2.94. The highest BCUT2D eigenvalue weighted by Gasteiger charge is 2.23. The number of benzene rings is 1. The first-order valence-corrected chi connectivity index (χ1v) is 11.9. The molecular weight excluding hydrogens is 396 g/mol. The van der Waals surface area contributed by atoms with E-state index in [0.29, 0.717) is 19.0 Å². The highest BCUT2D eigenvalue weighted by atomic mass is 35.5. The number of halogens is 1. The van der Waals surface area contributed by atoms with Crippen LogP contribution in [-0.2, 0) is 22.9 Å². The van der Waals surface area contributed by atoms with E-state index in [1.54, 1.807) is 6.20 Å². The molecule has 154 valence electrons. The highest BCUT2D eigenvalue weighted by molar-refractivity contribution is 7.90. The normalized spacial score (nSPS) is 16.1. The second-order valence-corrected chi connectivity index (χ2v) is 10.3. The third-order valence-electron chi connectivity index (χ3n) is 5.05. The quantitative estimate of drug-likeness (QED) is 0.712. The van der Waals surface area contributed by atoms with E-state index in [4.69, 9.17) is 11.6 Å². The van der Waals surface area contributed by atoms with Crippen LogP contribution in [0.3, 0.4) is 0 Å². The number of sulfone groups is 1. The average Bonchev–Trinajstić information content (AvgIpc) is 3.00. The van der Waals surface area contributed by atoms with Crippen LogP contribution in [0, 0.1) is 12.8 Å². The van der Waals surface area contributed by atoms with Crippen LogP contribution in [0.2, 0.25) is 5.02 Å². The second kappa shape index (κ2) is 8.43. The lowest BCUT2D eigenvalue weighted by Crippen LogP contribution is -2.46. The van der Waals surface area contributed by atoms with Crippen molar-refractivity contribution in [1.29, 1.82) is 0 Å². The van der Waals surface area contributed by atoms with Gasteiger partial charge in [-0.1, -0.05) is 31.5 Å². The molecule has 0 radical (unpaired) electrons. The van der Waals surface area contributed by atoms with Gasteiger partial charge < -0.3 is 9.47 Å². The molecule has 1 aliphatic heterocycles. The lowest BCUT2D eigenvalue weighted by atomic mass is 10.1. The Bertz CT molecular complexity index is 932. The van der Waals surface area contributed by atoms with E-state index in [2.05, 4.69) is 41.6 Å². The van der Waals surface area contributed by atoms with Crippen molar-refractivity contribution in [3.8, 4) is 0 Å². The maximum absolute atomic E-state index is 12.1. The summed E-state index contributed by atoms with van der Waals surface area (Å²) in [7, 11) is -3.34. The lowest BCUT2D eigenvalue weighted by molar-refractivity contribution is 0.241. The topological polar surface area (TPSA) is 58.4 Å². The van der Waals surface area contributed by atoms with Crippen LogP contribution >= 0.6 is 11.6 Å². The number of rotatable bonds is 6. The van der Waals surface area contributed by atoms with Gasteiger partial charge in [-0.15, -0.1) is 0 Å². The van der Waals surface area contributed by atoms with Gasteiger partial charge in [-0.25, -0.2) is 13.4 Å². The standard InChI is InChI=1S/C20H29ClN4O2S/c1-15(2)13-25-18(12-22-20(25)28(4,26)27)14-23-7-9-24(10-8-23)19-11-17(21)6-5-16(19)3/h5-6,11-12,15H,7-10,13-14H2,1-4H3. The van der Waals surface area contributed by atoms with Crippen molar-refractivity contribution in [2.75, 3.05) is 37.3 Å². The predicted octanol–water partition coefficient (Wildman–Crippen LogP) is 3.23. The molecular formula is C20H29ClN4O2S. The van der Waals surface area contributed by atoms with E-state index in [-0.39, 0.29) is 5.16 Å². The van der Waals surface area contributed by atoms with Crippen LogP contribution < -0.4 is 4.90 Å². The maximum atomic E-state index is 12.1. The molecule has 0 atom stereocenters. The van der Waals surface area contributed by atoms with Gasteiger partial charge >= 0.3 is 0 Å². The van der Waals surface area contributed by atoms with Crippen molar-refractivity contribution in [3.63, 3.8) is 0 Å². The summed E-state index contributed by atoms with van der Waals surface area (Å²) in [5.74, 6) is 0.344. The third kappa shape index (κ3) is 4.88. The maximum Gasteiger partial charge on any atom is 0.227 e. The van der Waals surface area contributed by atoms with E-state index >= 15 is 0 Å². The first-order chi connectivity index (χ1) is 13.1. The summed E-state index contributed by atoms with van der Waals surface area (Å²) in [6.45, 7) is 11.3. The van der Waals surface area contributed by atoms with Gasteiger partial charge in [0.1, 0.15) is 0 Å². The van der Waals surface area contributed by atoms with Gasteiger partial charge in [0.25, 0.3) is 0 Å². The molecule has 6 nitrogen and oxygen atoms in total. The molecule has 1 saturated heterocycles. The van der Waals surface area contributed by atoms with Crippen LogP contribution in [0.4, 0.5) is 5.69 Å². The largest absolute Gasteiger partial charge is 0.369 e. The highest BCUT2D eigenvalue weighted by Crippen LogP contribution is 2.26. The Balaban J connectivity index is 1.71. The van der Waals surface area contributed by atoms with E-state index in [1.165, 1.54) is 17.5 Å². The Kier molecular flexibility index (Phi) is 6.37. The minimum Gasteiger partial charge on any atom is -0.369 e. The minimum absolute atomic E-state index is 0.171. The van der Waals surface area contributed by atoms with E-state index in [9.17, 15) is 8.42 Å². The average molecular weight is 425 g/mol. The molecule has 1 aromatic carbocycles. The van der Waals surface area contributed by atoms with E-state index < -0.39 is 9.84 Å². The molecule has 0 spiro atoms. The molecule has 0 bridgehead atoms. The van der Waals surface area contributed by atoms with Gasteiger partial charge in [-0.05, 0) is 30.5 Å². The lowest BCUT2D eigenvalue weighted by Gasteiger charge is -2.37. The fourth-order valence-corrected chi connectivity index (χ4v) is 4.68. The number of imidazole rings is 1. The molecule has 0 aliphatic carbocycles. The van der Waals surface area contributed by atoms with Crippen molar-refractivity contribution in [1.82, 2.24) is 14.5 Å². The first-order valence-electron chi connectivity index (χ1n) is 9.63. The summed E-state index contributed by atoms with van der Waals surface area (Å²) in [4.78, 5) is 8.94. The van der Waals surface area contributed by atoms with Gasteiger partial charge in [0.15, 0.2) is 0 Å². The van der Waals surface area contributed by atoms with Crippen molar-refractivity contribution < 1.29 is 8.42 Å². The number of hydrogen-bond donors (Lipinski definition) is 0. The van der Waals surface area contributed by atoms with Gasteiger partial charge in [-0.3, -0.25) is 4.90 Å². The molecule has 1 fully saturated rings. The molecule has 2 aromatic rings. The van der Waals surface area contributed by atoms with E-state index in [1.807, 2.05) is 16.7 Å². The van der Waals surface area contributed by atoms with Crippen LogP contribution in [0.25, 0.3) is 0 Å². The number of piperazine rings is 1. The molecule has 0 unspecified atom stereocenters. The zero-order valence-electron chi connectivity index (χ0n) is 17.0. The Hall–Kier alpha value is -1.57. The SMILES string of the molecule is Cc1ccc(Cl)cc1N1CCN(Cc2cnc(S(C)(=O)=O)n2CC(C)C)CC1. The van der Waals surface area contributed by atoms with Crippen LogP contribution in [-0.4, -0.2) is 55.3 Å². The Morgan fingerprint density at radius 1 is 1.18 bits per heavy atom. The Morgan fingerprint density at radius 3 is 2.46 bits per heavy atom. The summed E-state index contributed by atoms with van der Waals surface area (Å²) in [5, 5.41) is 0.929. The molecule has 0 N–H and O–H groups in total. The predicted molar refractivity (Wildman–Crippen MR) is 114 cm³/mol. The summed E-state index contributed by atoms with van der Waals surface area (Å²) in [5.41, 5.74) is 3.38. The number of anilines is 1. The number of hydrogen-bond acceptors (Lipinski definition) is 5. The summed E-state index contributed by atoms with van der Waals surface area (Å²) >= 11 is 6.17. The van der Waals surface area contributed by atoms with Crippen LogP contribution in [0.1, 0.15) is 25.1 Å². The monoisotopic (exact) mass is 424 g/mol. The molecule has 2 heterocycles. The van der Waals surface area contributed by atoms with Crippen molar-refractivity contribution in [2.45, 2.75) is 39.0 Å². The molecule has 8 heteroatoms. The van der Waals surface area contributed by atoms with Crippen molar-refractivity contribution >= 4 is 27.1 Å². The Labute approximate surface area is 173 Å². The summed E-state index contributed by atoms with van der Waals surface area (Å²) < 4.78 is 26.0. The van der Waals surface area contributed by atoms with E-state index in [0.717, 1.165) is 36.9 Å². The molecule has 3 rings (SSSR count). The van der Waals surface area contributed by atoms with Crippen LogP contribution in [0.5, 0.6) is 0 Å². The minimum atomic E-state index is -3.34. The molecule has 1 aliphatic rings. The smallest absolute Gasteiger partial charge is 0.227 e. The fraction of sp³-hybridized carbons (Fsp3) is 0.550. The van der Waals surface area contributed by atoms with Gasteiger partial charge in [0.05, 0.1) is 11.9 Å². The van der Waals surface area contributed by atoms with Crippen molar-refractivity contribution in [2.24, 2.45) is 5.92 Å². The van der Waals surface area contributed by atoms with Gasteiger partial charge in [0.2, 0.25) is 15.0 Å². The molecule has 1 aromatic heterocycles. The summed E-state index contributed by atoms with van der Waals surface area (Å²) in [6, 6.07) is 6.01. The number of aryl methyl sites for hydroxylation is 1. The number of nitrogens with zero attached hydrogens (tertiary/aromatic N) is 4. The second-order valence-electron chi connectivity index (χ2n) is 8.00. The number of aromatic nitrogens is 2. The van der Waals surface area contributed by atoms with Crippen LogP contribution in [0.15, 0.2) is 29.6 Å². The first kappa shape index (κ1) is 21.1. The zero-order valence-corrected chi connectivity index (χ0v) is 18.6. The molecule has 28 heavy (non-hydrogen) atoms. The molecule has 0 saturated carbocycles. The van der Waals surface area contributed by atoms with Gasteiger partial charge in [-0.2, -0.15) is 0 Å². The molecule has 0 amide bonds. The zero-order chi connectivity index (χ0) is 20.5. The van der Waals surface area contributed by atoms with Crippen molar-refractivity contribution in [3.05, 3.63) is 40.7 Å². The van der Waals surface area contributed by atoms with Gasteiger partial charge in [0, 0.05) is 56.2 Å².